The second-order valence-electron chi connectivity index (χ2n) is 9.60. The van der Waals surface area contributed by atoms with Crippen LogP contribution in [0.15, 0.2) is 73.1 Å². The summed E-state index contributed by atoms with van der Waals surface area (Å²) in [5, 5.41) is 0. The Morgan fingerprint density at radius 1 is 1.00 bits per heavy atom. The first-order valence-corrected chi connectivity index (χ1v) is 11.5. The highest BCUT2D eigenvalue weighted by Gasteiger charge is 2.41. The molecule has 1 aliphatic heterocycles. The summed E-state index contributed by atoms with van der Waals surface area (Å²) in [6.07, 6.45) is 3.42. The van der Waals surface area contributed by atoms with Crippen LogP contribution in [0.1, 0.15) is 54.0 Å². The lowest BCUT2D eigenvalue weighted by Gasteiger charge is -2.31. The van der Waals surface area contributed by atoms with Gasteiger partial charge in [-0.2, -0.15) is 0 Å². The molecule has 4 rings (SSSR count). The van der Waals surface area contributed by atoms with Gasteiger partial charge in [-0.05, 0) is 52.8 Å². The molecule has 0 bridgehead atoms. The number of carbonyl (C=O) groups excluding carboxylic acids is 2. The number of benzene rings is 2. The Balaban J connectivity index is 1.64. The van der Waals surface area contributed by atoms with Crippen LogP contribution in [0.2, 0.25) is 0 Å². The summed E-state index contributed by atoms with van der Waals surface area (Å²) in [7, 11) is 1.64. The molecule has 0 N–H and O–H groups in total. The number of ether oxygens (including phenoxy) is 1. The van der Waals surface area contributed by atoms with Gasteiger partial charge in [0, 0.05) is 24.5 Å². The van der Waals surface area contributed by atoms with E-state index in [4.69, 9.17) is 4.74 Å². The van der Waals surface area contributed by atoms with E-state index in [9.17, 15) is 9.59 Å². The Labute approximate surface area is 201 Å². The number of nitrogens with zero attached hydrogens (tertiary/aromatic N) is 3. The molecule has 0 aliphatic carbocycles. The van der Waals surface area contributed by atoms with Crippen molar-refractivity contribution in [3.8, 4) is 5.75 Å². The average molecular weight is 458 g/mol. The first-order valence-electron chi connectivity index (χ1n) is 11.5. The van der Waals surface area contributed by atoms with Gasteiger partial charge in [0.05, 0.1) is 7.11 Å². The van der Waals surface area contributed by atoms with Crippen LogP contribution in [-0.2, 0) is 16.6 Å². The van der Waals surface area contributed by atoms with E-state index in [-0.39, 0.29) is 23.8 Å². The van der Waals surface area contributed by atoms with E-state index in [1.165, 1.54) is 5.56 Å². The summed E-state index contributed by atoms with van der Waals surface area (Å²) < 4.78 is 5.24. The minimum absolute atomic E-state index is 0.0185. The van der Waals surface area contributed by atoms with Gasteiger partial charge in [-0.3, -0.25) is 14.6 Å². The minimum Gasteiger partial charge on any atom is -0.497 e. The van der Waals surface area contributed by atoms with Gasteiger partial charge in [0.25, 0.3) is 5.91 Å². The Kier molecular flexibility index (Phi) is 6.68. The summed E-state index contributed by atoms with van der Waals surface area (Å²) in [6, 6.07) is 19.5. The van der Waals surface area contributed by atoms with E-state index < -0.39 is 6.17 Å². The van der Waals surface area contributed by atoms with Crippen molar-refractivity contribution in [2.24, 2.45) is 0 Å². The van der Waals surface area contributed by atoms with E-state index >= 15 is 0 Å². The fraction of sp³-hybridized carbons (Fsp3) is 0.321. The Morgan fingerprint density at radius 2 is 1.65 bits per heavy atom. The van der Waals surface area contributed by atoms with Crippen molar-refractivity contribution in [2.75, 3.05) is 20.2 Å². The quantitative estimate of drug-likeness (QED) is 0.542. The maximum Gasteiger partial charge on any atom is 0.256 e. The van der Waals surface area contributed by atoms with E-state index in [1.54, 1.807) is 36.5 Å². The van der Waals surface area contributed by atoms with E-state index in [0.717, 1.165) is 16.9 Å². The molecular weight excluding hydrogens is 426 g/mol. The Bertz CT molecular complexity index is 1140. The van der Waals surface area contributed by atoms with E-state index in [2.05, 4.69) is 37.9 Å². The van der Waals surface area contributed by atoms with Crippen molar-refractivity contribution in [2.45, 2.75) is 38.8 Å². The van der Waals surface area contributed by atoms with Crippen molar-refractivity contribution in [3.05, 3.63) is 95.3 Å². The van der Waals surface area contributed by atoms with Crippen LogP contribution in [0.3, 0.4) is 0 Å². The normalized spacial score (nSPS) is 16.1. The molecule has 0 spiro atoms. The molecule has 1 saturated heterocycles. The molecule has 176 valence electrons. The summed E-state index contributed by atoms with van der Waals surface area (Å²) in [4.78, 5) is 34.0. The molecule has 1 unspecified atom stereocenters. The molecule has 0 radical (unpaired) electrons. The van der Waals surface area contributed by atoms with Gasteiger partial charge < -0.3 is 14.5 Å². The van der Waals surface area contributed by atoms with Crippen molar-refractivity contribution >= 4 is 11.8 Å². The smallest absolute Gasteiger partial charge is 0.256 e. The van der Waals surface area contributed by atoms with Crippen LogP contribution < -0.4 is 4.74 Å². The highest BCUT2D eigenvalue weighted by Crippen LogP contribution is 2.34. The third-order valence-corrected chi connectivity index (χ3v) is 6.28. The van der Waals surface area contributed by atoms with Crippen LogP contribution in [0.25, 0.3) is 0 Å². The molecule has 2 heterocycles. The Morgan fingerprint density at radius 3 is 2.24 bits per heavy atom. The molecule has 2 amide bonds. The number of hydrogen-bond acceptors (Lipinski definition) is 4. The van der Waals surface area contributed by atoms with Crippen molar-refractivity contribution in [3.63, 3.8) is 0 Å². The second-order valence-corrected chi connectivity index (χ2v) is 9.60. The van der Waals surface area contributed by atoms with Crippen LogP contribution in [-0.4, -0.2) is 46.8 Å². The molecule has 0 saturated carbocycles. The fourth-order valence-electron chi connectivity index (χ4n) is 4.27. The number of pyridine rings is 1. The van der Waals surface area contributed by atoms with Gasteiger partial charge >= 0.3 is 0 Å². The topological polar surface area (TPSA) is 62.7 Å². The maximum absolute atomic E-state index is 13.4. The van der Waals surface area contributed by atoms with E-state index in [0.29, 0.717) is 18.5 Å². The van der Waals surface area contributed by atoms with Gasteiger partial charge in [0.15, 0.2) is 0 Å². The number of hydrogen-bond donors (Lipinski definition) is 0. The first kappa shape index (κ1) is 23.5. The van der Waals surface area contributed by atoms with E-state index in [1.807, 2.05) is 41.3 Å². The predicted octanol–water partition coefficient (Wildman–Crippen LogP) is 4.61. The largest absolute Gasteiger partial charge is 0.497 e. The third kappa shape index (κ3) is 4.96. The molecule has 1 fully saturated rings. The zero-order chi connectivity index (χ0) is 24.3. The minimum atomic E-state index is -0.458. The average Bonchev–Trinajstić information content (AvgIpc) is 3.18. The maximum atomic E-state index is 13.4. The molecule has 1 aliphatic rings. The van der Waals surface area contributed by atoms with Gasteiger partial charge in [0.1, 0.15) is 18.5 Å². The second kappa shape index (κ2) is 9.67. The first-order chi connectivity index (χ1) is 16.3. The molecule has 3 aromatic rings. The zero-order valence-electron chi connectivity index (χ0n) is 20.2. The number of amides is 2. The lowest BCUT2D eigenvalue weighted by Crippen LogP contribution is -2.36. The summed E-state index contributed by atoms with van der Waals surface area (Å²) in [5.74, 6) is 0.570. The fourth-order valence-corrected chi connectivity index (χ4v) is 4.27. The van der Waals surface area contributed by atoms with Crippen molar-refractivity contribution < 1.29 is 14.3 Å². The Hall–Kier alpha value is -3.67. The number of carbonyl (C=O) groups is 2. The van der Waals surface area contributed by atoms with Crippen LogP contribution in [0, 0.1) is 0 Å². The van der Waals surface area contributed by atoms with Gasteiger partial charge in [-0.15, -0.1) is 0 Å². The van der Waals surface area contributed by atoms with Gasteiger partial charge in [-0.25, -0.2) is 0 Å². The zero-order valence-corrected chi connectivity index (χ0v) is 20.2. The molecular formula is C28H31N3O3. The highest BCUT2D eigenvalue weighted by molar-refractivity contribution is 5.98. The monoisotopic (exact) mass is 457 g/mol. The number of rotatable bonds is 6. The van der Waals surface area contributed by atoms with Crippen molar-refractivity contribution in [1.29, 1.82) is 0 Å². The third-order valence-electron chi connectivity index (χ3n) is 6.28. The number of aromatic nitrogens is 1. The van der Waals surface area contributed by atoms with Crippen LogP contribution >= 0.6 is 0 Å². The van der Waals surface area contributed by atoms with Gasteiger partial charge in [-0.1, -0.05) is 57.2 Å². The lowest BCUT2D eigenvalue weighted by molar-refractivity contribution is -0.128. The highest BCUT2D eigenvalue weighted by atomic mass is 16.5. The summed E-state index contributed by atoms with van der Waals surface area (Å²) in [5.41, 5.74) is 3.78. The number of methoxy groups -OCH3 is 1. The summed E-state index contributed by atoms with van der Waals surface area (Å²) >= 11 is 0. The SMILES string of the molecule is COc1ccc(CCN2C(=O)CN(C(=O)c3ccncc3)C2c2ccc(C(C)(C)C)cc2)cc1. The van der Waals surface area contributed by atoms with Crippen molar-refractivity contribution in [1.82, 2.24) is 14.8 Å². The molecule has 1 atom stereocenters. The van der Waals surface area contributed by atoms with Gasteiger partial charge in [0.2, 0.25) is 5.91 Å². The lowest BCUT2D eigenvalue weighted by atomic mass is 9.86. The predicted molar refractivity (Wildman–Crippen MR) is 132 cm³/mol. The molecule has 1 aromatic heterocycles. The molecule has 6 nitrogen and oxygen atoms in total. The van der Waals surface area contributed by atoms with Crippen LogP contribution in [0.5, 0.6) is 5.75 Å². The van der Waals surface area contributed by atoms with Crippen LogP contribution in [0.4, 0.5) is 0 Å². The molecule has 34 heavy (non-hydrogen) atoms. The molecule has 6 heteroatoms. The molecule has 2 aromatic carbocycles. The standard InChI is InChI=1S/C28H31N3O3/c1-28(2,3)23-9-7-21(8-10-23)26-30(18-15-20-5-11-24(34-4)12-6-20)25(32)19-31(26)27(33)22-13-16-29-17-14-22/h5-14,16-17,26H,15,18-19H2,1-4H3. The summed E-state index contributed by atoms with van der Waals surface area (Å²) in [6.45, 7) is 7.07.